The first-order valence-corrected chi connectivity index (χ1v) is 11.8. The number of hydrogen-bond acceptors (Lipinski definition) is 6. The lowest BCUT2D eigenvalue weighted by molar-refractivity contribution is -0.134. The van der Waals surface area contributed by atoms with Crippen LogP contribution in [0.2, 0.25) is 5.02 Å². The number of nitrogens with zero attached hydrogens (tertiary/aromatic N) is 3. The summed E-state index contributed by atoms with van der Waals surface area (Å²) in [6, 6.07) is 6.71. The average molecular weight is 536 g/mol. The Hall–Kier alpha value is -3.31. The van der Waals surface area contributed by atoms with Gasteiger partial charge >= 0.3 is 6.09 Å². The third-order valence-electron chi connectivity index (χ3n) is 6.24. The van der Waals surface area contributed by atoms with Gasteiger partial charge < -0.3 is 21.1 Å². The first kappa shape index (κ1) is 25.8. The van der Waals surface area contributed by atoms with Gasteiger partial charge in [0, 0.05) is 25.7 Å². The van der Waals surface area contributed by atoms with Gasteiger partial charge in [-0.05, 0) is 54.2 Å². The highest BCUT2D eigenvalue weighted by Gasteiger charge is 2.59. The number of thiocarbonyl (C=S) groups is 1. The zero-order chi connectivity index (χ0) is 26.4. The number of carbonyl (C=O) groups is 2. The van der Waals surface area contributed by atoms with Gasteiger partial charge in [-0.15, -0.1) is 0 Å². The zero-order valence-electron chi connectivity index (χ0n) is 19.5. The number of amides is 2. The van der Waals surface area contributed by atoms with Crippen molar-refractivity contribution >= 4 is 46.8 Å². The molecule has 2 aromatic carbocycles. The summed E-state index contributed by atoms with van der Waals surface area (Å²) in [4.78, 5) is 33.2. The molecule has 1 aliphatic carbocycles. The third-order valence-corrected chi connectivity index (χ3v) is 6.79. The number of carbonyl (C=O) groups excluding carboxylic acids is 2. The van der Waals surface area contributed by atoms with E-state index in [2.05, 4.69) is 4.99 Å². The van der Waals surface area contributed by atoms with E-state index in [1.54, 1.807) is 18.2 Å². The van der Waals surface area contributed by atoms with Crippen LogP contribution in [-0.4, -0.2) is 53.5 Å². The van der Waals surface area contributed by atoms with Gasteiger partial charge in [0.2, 0.25) is 0 Å². The number of halogens is 3. The number of benzene rings is 2. The Labute approximate surface area is 216 Å². The minimum Gasteiger partial charge on any atom is -0.447 e. The topological polar surface area (TPSA) is 114 Å². The van der Waals surface area contributed by atoms with E-state index in [4.69, 9.17) is 40.0 Å². The Kier molecular flexibility index (Phi) is 6.89. The van der Waals surface area contributed by atoms with E-state index in [-0.39, 0.29) is 29.0 Å². The predicted molar refractivity (Wildman–Crippen MR) is 134 cm³/mol. The Morgan fingerprint density at radius 1 is 1.28 bits per heavy atom. The molecular weight excluding hydrogens is 512 g/mol. The maximum Gasteiger partial charge on any atom is 0.409 e. The van der Waals surface area contributed by atoms with Crippen LogP contribution >= 0.6 is 23.8 Å². The van der Waals surface area contributed by atoms with Crippen LogP contribution in [-0.2, 0) is 15.1 Å². The summed E-state index contributed by atoms with van der Waals surface area (Å²) in [5.41, 5.74) is 11.4. The van der Waals surface area contributed by atoms with Crippen LogP contribution in [0.5, 0.6) is 0 Å². The summed E-state index contributed by atoms with van der Waals surface area (Å²) < 4.78 is 33.8. The molecule has 2 atom stereocenters. The number of aliphatic imine (C=N–C) groups is 1. The molecule has 12 heteroatoms. The van der Waals surface area contributed by atoms with Crippen LogP contribution < -0.4 is 11.5 Å². The van der Waals surface area contributed by atoms with Gasteiger partial charge in [0.1, 0.15) is 23.2 Å². The molecule has 2 aliphatic rings. The number of ether oxygens (including phenoxy) is 1. The second kappa shape index (κ2) is 9.62. The molecule has 1 heterocycles. The highest BCUT2D eigenvalue weighted by molar-refractivity contribution is 7.80. The van der Waals surface area contributed by atoms with Crippen LogP contribution in [0.3, 0.4) is 0 Å². The zero-order valence-corrected chi connectivity index (χ0v) is 21.1. The van der Waals surface area contributed by atoms with Crippen LogP contribution in [0, 0.1) is 17.6 Å². The Bertz CT molecular complexity index is 1270. The summed E-state index contributed by atoms with van der Waals surface area (Å²) in [5.74, 6) is -2.71. The molecule has 2 amide bonds. The smallest absolute Gasteiger partial charge is 0.409 e. The minimum atomic E-state index is -1.60. The molecule has 0 bridgehead atoms. The highest BCUT2D eigenvalue weighted by Crippen LogP contribution is 2.53. The molecule has 0 saturated heterocycles. The monoisotopic (exact) mass is 535 g/mol. The summed E-state index contributed by atoms with van der Waals surface area (Å²) in [6.45, 7) is -0.296. The minimum absolute atomic E-state index is 0.0304. The highest BCUT2D eigenvalue weighted by atomic mass is 35.5. The molecule has 4 rings (SSSR count). The van der Waals surface area contributed by atoms with Crippen molar-refractivity contribution in [2.24, 2.45) is 22.4 Å². The van der Waals surface area contributed by atoms with Crippen molar-refractivity contribution in [1.29, 1.82) is 0 Å². The first-order chi connectivity index (χ1) is 17.0. The SMILES string of the molecule is CN(C)C(=O)OCC(c1ccc(Cl)c(C(N)=S)c1)N1C(=O)C(c2cc(F)cc(F)c2)(C2CC2)N=C1N. The van der Waals surface area contributed by atoms with E-state index in [0.717, 1.165) is 18.2 Å². The van der Waals surface area contributed by atoms with Gasteiger partial charge in [-0.1, -0.05) is 29.9 Å². The quantitative estimate of drug-likeness (QED) is 0.525. The molecule has 4 N–H and O–H groups in total. The fraction of sp³-hybridized carbons (Fsp3) is 0.333. The summed E-state index contributed by atoms with van der Waals surface area (Å²) >= 11 is 11.3. The lowest BCUT2D eigenvalue weighted by Gasteiger charge is -2.32. The van der Waals surface area contributed by atoms with Crippen molar-refractivity contribution in [1.82, 2.24) is 9.80 Å². The van der Waals surface area contributed by atoms with E-state index < -0.39 is 35.2 Å². The molecule has 1 aliphatic heterocycles. The predicted octanol–water partition coefficient (Wildman–Crippen LogP) is 3.45. The van der Waals surface area contributed by atoms with Gasteiger partial charge in [0.05, 0.1) is 11.1 Å². The molecule has 0 aromatic heterocycles. The van der Waals surface area contributed by atoms with Crippen molar-refractivity contribution < 1.29 is 23.1 Å². The summed E-state index contributed by atoms with van der Waals surface area (Å²) in [6.07, 6.45) is 0.606. The maximum absolute atomic E-state index is 14.2. The maximum atomic E-state index is 14.2. The summed E-state index contributed by atoms with van der Waals surface area (Å²) in [5, 5.41) is 0.298. The number of hydrogen-bond donors (Lipinski definition) is 2. The molecule has 2 unspecified atom stereocenters. The molecule has 1 saturated carbocycles. The second-order valence-electron chi connectivity index (χ2n) is 8.93. The van der Waals surface area contributed by atoms with Crippen LogP contribution in [0.25, 0.3) is 0 Å². The lowest BCUT2D eigenvalue weighted by Crippen LogP contribution is -2.47. The standard InChI is InChI=1S/C24H24ClF2N5O3S/c1-31(2)23(34)35-11-19(12-3-6-18(25)17(7-12)20(28)36)32-21(33)24(13-4-5-13,30-22(32)29)14-8-15(26)10-16(27)9-14/h3,6-10,13,19H,4-5,11H2,1-2H3,(H2,28,36)(H2,29,30). The molecule has 8 nitrogen and oxygen atoms in total. The van der Waals surface area contributed by atoms with E-state index in [0.29, 0.717) is 29.0 Å². The van der Waals surface area contributed by atoms with Crippen molar-refractivity contribution in [3.63, 3.8) is 0 Å². The van der Waals surface area contributed by atoms with Crippen LogP contribution in [0.1, 0.15) is 35.6 Å². The lowest BCUT2D eigenvalue weighted by atomic mass is 9.84. The van der Waals surface area contributed by atoms with Gasteiger partial charge in [-0.2, -0.15) is 0 Å². The number of rotatable bonds is 7. The molecular formula is C24H24ClF2N5O3S. The van der Waals surface area contributed by atoms with Gasteiger partial charge in [-0.25, -0.2) is 18.6 Å². The van der Waals surface area contributed by atoms with Crippen molar-refractivity contribution in [3.8, 4) is 0 Å². The largest absolute Gasteiger partial charge is 0.447 e. The van der Waals surface area contributed by atoms with Crippen molar-refractivity contribution in [3.05, 3.63) is 69.7 Å². The fourth-order valence-electron chi connectivity index (χ4n) is 4.37. The number of nitrogens with two attached hydrogens (primary N) is 2. The van der Waals surface area contributed by atoms with Gasteiger partial charge in [-0.3, -0.25) is 9.69 Å². The molecule has 0 spiro atoms. The molecule has 36 heavy (non-hydrogen) atoms. The first-order valence-electron chi connectivity index (χ1n) is 11.0. The fourth-order valence-corrected chi connectivity index (χ4v) is 4.82. The Balaban J connectivity index is 1.81. The Morgan fingerprint density at radius 2 is 1.92 bits per heavy atom. The van der Waals surface area contributed by atoms with Crippen LogP contribution in [0.4, 0.5) is 13.6 Å². The van der Waals surface area contributed by atoms with E-state index in [1.165, 1.54) is 23.9 Å². The molecule has 1 fully saturated rings. The second-order valence-corrected chi connectivity index (χ2v) is 9.78. The molecule has 2 aromatic rings. The Morgan fingerprint density at radius 3 is 2.47 bits per heavy atom. The molecule has 190 valence electrons. The summed E-state index contributed by atoms with van der Waals surface area (Å²) in [7, 11) is 3.02. The normalized spacial score (nSPS) is 20.2. The van der Waals surface area contributed by atoms with Gasteiger partial charge in [0.25, 0.3) is 5.91 Å². The van der Waals surface area contributed by atoms with E-state index >= 15 is 0 Å². The van der Waals surface area contributed by atoms with Crippen LogP contribution in [0.15, 0.2) is 41.4 Å². The molecule has 0 radical (unpaired) electrons. The van der Waals surface area contributed by atoms with Crippen molar-refractivity contribution in [2.45, 2.75) is 24.4 Å². The van der Waals surface area contributed by atoms with Crippen molar-refractivity contribution in [2.75, 3.05) is 20.7 Å². The van der Waals surface area contributed by atoms with Gasteiger partial charge in [0.15, 0.2) is 11.5 Å². The average Bonchev–Trinajstić information content (AvgIpc) is 3.61. The third kappa shape index (κ3) is 4.60. The number of guanidine groups is 1. The van der Waals surface area contributed by atoms with E-state index in [1.807, 2.05) is 0 Å². The van der Waals surface area contributed by atoms with E-state index in [9.17, 15) is 18.4 Å².